The third kappa shape index (κ3) is 4.62. The summed E-state index contributed by atoms with van der Waals surface area (Å²) in [5.41, 5.74) is 3.47. The Bertz CT molecular complexity index is 942. The van der Waals surface area contributed by atoms with Crippen LogP contribution in [-0.2, 0) is 4.79 Å². The minimum absolute atomic E-state index is 0.0716. The predicted molar refractivity (Wildman–Crippen MR) is 116 cm³/mol. The fourth-order valence-electron chi connectivity index (χ4n) is 4.22. The van der Waals surface area contributed by atoms with E-state index in [1.165, 1.54) is 30.2 Å². The number of likely N-dealkylation sites (tertiary alicyclic amines) is 1. The highest BCUT2D eigenvalue weighted by atomic mass is 16.5. The van der Waals surface area contributed by atoms with Crippen LogP contribution < -0.4 is 10.1 Å². The van der Waals surface area contributed by atoms with E-state index < -0.39 is 0 Å². The van der Waals surface area contributed by atoms with Crippen molar-refractivity contribution in [2.75, 3.05) is 33.3 Å². The van der Waals surface area contributed by atoms with Gasteiger partial charge >= 0.3 is 0 Å². The molecular weight excluding hydrogens is 362 g/mol. The number of nitrogens with zero attached hydrogens (tertiary/aromatic N) is 1. The van der Waals surface area contributed by atoms with Crippen molar-refractivity contribution in [1.29, 1.82) is 0 Å². The summed E-state index contributed by atoms with van der Waals surface area (Å²) < 4.78 is 5.31. The first-order valence-corrected chi connectivity index (χ1v) is 10.4. The first kappa shape index (κ1) is 19.5. The molecule has 5 nitrogen and oxygen atoms in total. The van der Waals surface area contributed by atoms with Crippen LogP contribution in [0.5, 0.6) is 5.75 Å². The van der Waals surface area contributed by atoms with E-state index in [1.54, 1.807) is 7.11 Å². The number of rotatable bonds is 7. The number of fused-ring (bicyclic) bond motifs is 1. The summed E-state index contributed by atoms with van der Waals surface area (Å²) in [5, 5.41) is 4.38. The number of carbonyl (C=O) groups is 1. The fourth-order valence-corrected chi connectivity index (χ4v) is 4.22. The molecule has 1 atom stereocenters. The highest BCUT2D eigenvalue weighted by Crippen LogP contribution is 2.31. The third-order valence-corrected chi connectivity index (χ3v) is 5.83. The number of hydrogen-bond acceptors (Lipinski definition) is 3. The van der Waals surface area contributed by atoms with Gasteiger partial charge in [-0.15, -0.1) is 0 Å². The second-order valence-corrected chi connectivity index (χ2v) is 7.76. The number of aromatic nitrogens is 1. The molecule has 2 N–H and O–H groups in total. The van der Waals surface area contributed by atoms with Gasteiger partial charge in [-0.05, 0) is 55.3 Å². The molecule has 0 aliphatic carbocycles. The fraction of sp³-hybridized carbons (Fsp3) is 0.375. The molecule has 1 fully saturated rings. The van der Waals surface area contributed by atoms with E-state index in [1.807, 2.05) is 18.2 Å². The van der Waals surface area contributed by atoms with Gasteiger partial charge in [0.25, 0.3) is 0 Å². The molecule has 0 bridgehead atoms. The molecule has 29 heavy (non-hydrogen) atoms. The average molecular weight is 392 g/mol. The Labute approximate surface area is 172 Å². The SMILES string of the molecule is COc1ccc([C@H](CNC(=O)CN2CCCCC2)c2c[nH]c3ccccc23)cc1. The molecule has 1 aliphatic heterocycles. The molecule has 1 aliphatic rings. The molecule has 4 rings (SSSR count). The summed E-state index contributed by atoms with van der Waals surface area (Å²) in [6, 6.07) is 16.4. The third-order valence-electron chi connectivity index (χ3n) is 5.83. The summed E-state index contributed by atoms with van der Waals surface area (Å²) in [5.74, 6) is 1.01. The van der Waals surface area contributed by atoms with Crippen LogP contribution in [0.2, 0.25) is 0 Å². The van der Waals surface area contributed by atoms with E-state index in [0.29, 0.717) is 13.1 Å². The summed E-state index contributed by atoms with van der Waals surface area (Å²) in [6.45, 7) is 3.11. The predicted octanol–water partition coefficient (Wildman–Crippen LogP) is 3.91. The van der Waals surface area contributed by atoms with Crippen molar-refractivity contribution in [2.45, 2.75) is 25.2 Å². The number of ether oxygens (including phenoxy) is 1. The molecule has 0 saturated carbocycles. The Morgan fingerprint density at radius 1 is 1.10 bits per heavy atom. The maximum absolute atomic E-state index is 12.6. The van der Waals surface area contributed by atoms with Crippen LogP contribution in [0, 0.1) is 0 Å². The van der Waals surface area contributed by atoms with Gasteiger partial charge in [0.15, 0.2) is 0 Å². The number of methoxy groups -OCH3 is 1. The smallest absolute Gasteiger partial charge is 0.234 e. The standard InChI is InChI=1S/C24H29N3O2/c1-29-19-11-9-18(10-12-19)21(22-16-25-23-8-4-3-7-20(22)23)15-26-24(28)17-27-13-5-2-6-14-27/h3-4,7-12,16,21,25H,2,5-6,13-15,17H2,1H3,(H,26,28)/t21-/m0/s1. The van der Waals surface area contributed by atoms with Gasteiger partial charge in [0.2, 0.25) is 5.91 Å². The van der Waals surface area contributed by atoms with E-state index in [0.717, 1.165) is 29.9 Å². The van der Waals surface area contributed by atoms with Gasteiger partial charge < -0.3 is 15.0 Å². The molecule has 2 aromatic carbocycles. The first-order chi connectivity index (χ1) is 14.2. The zero-order valence-corrected chi connectivity index (χ0v) is 17.0. The quantitative estimate of drug-likeness (QED) is 0.642. The van der Waals surface area contributed by atoms with Crippen LogP contribution in [-0.4, -0.2) is 49.1 Å². The molecule has 0 unspecified atom stereocenters. The van der Waals surface area contributed by atoms with Crippen LogP contribution in [0.1, 0.15) is 36.3 Å². The number of H-pyrrole nitrogens is 1. The number of benzene rings is 2. The van der Waals surface area contributed by atoms with Crippen molar-refractivity contribution >= 4 is 16.8 Å². The van der Waals surface area contributed by atoms with Crippen LogP contribution in [0.3, 0.4) is 0 Å². The van der Waals surface area contributed by atoms with Gasteiger partial charge in [-0.3, -0.25) is 9.69 Å². The van der Waals surface area contributed by atoms with Crippen LogP contribution in [0.15, 0.2) is 54.7 Å². The number of para-hydroxylation sites is 1. The van der Waals surface area contributed by atoms with Crippen LogP contribution in [0.25, 0.3) is 10.9 Å². The van der Waals surface area contributed by atoms with Crippen molar-refractivity contribution < 1.29 is 9.53 Å². The Balaban J connectivity index is 1.54. The Hall–Kier alpha value is -2.79. The normalized spacial score (nSPS) is 15.9. The number of aromatic amines is 1. The summed E-state index contributed by atoms with van der Waals surface area (Å²) in [4.78, 5) is 18.2. The molecular formula is C24H29N3O2. The van der Waals surface area contributed by atoms with Crippen molar-refractivity contribution in [3.63, 3.8) is 0 Å². The van der Waals surface area contributed by atoms with Gasteiger partial charge in [0, 0.05) is 29.6 Å². The van der Waals surface area contributed by atoms with Crippen LogP contribution in [0.4, 0.5) is 0 Å². The molecule has 5 heteroatoms. The van der Waals surface area contributed by atoms with E-state index in [-0.39, 0.29) is 11.8 Å². The number of hydrogen-bond donors (Lipinski definition) is 2. The van der Waals surface area contributed by atoms with Crippen molar-refractivity contribution in [2.24, 2.45) is 0 Å². The van der Waals surface area contributed by atoms with Gasteiger partial charge in [-0.2, -0.15) is 0 Å². The van der Waals surface area contributed by atoms with E-state index in [2.05, 4.69) is 51.7 Å². The number of amides is 1. The number of nitrogens with one attached hydrogen (secondary N) is 2. The minimum atomic E-state index is 0.0716. The molecule has 1 saturated heterocycles. The van der Waals surface area contributed by atoms with E-state index >= 15 is 0 Å². The molecule has 152 valence electrons. The lowest BCUT2D eigenvalue weighted by Crippen LogP contribution is -2.41. The van der Waals surface area contributed by atoms with Crippen molar-refractivity contribution in [3.8, 4) is 5.75 Å². The maximum atomic E-state index is 12.6. The zero-order valence-electron chi connectivity index (χ0n) is 17.0. The van der Waals surface area contributed by atoms with Crippen LogP contribution >= 0.6 is 0 Å². The molecule has 1 aromatic heterocycles. The topological polar surface area (TPSA) is 57.4 Å². The molecule has 3 aromatic rings. The molecule has 0 spiro atoms. The number of piperidine rings is 1. The second-order valence-electron chi connectivity index (χ2n) is 7.76. The number of carbonyl (C=O) groups excluding carboxylic acids is 1. The lowest BCUT2D eigenvalue weighted by atomic mass is 9.90. The Morgan fingerprint density at radius 3 is 2.62 bits per heavy atom. The maximum Gasteiger partial charge on any atom is 0.234 e. The van der Waals surface area contributed by atoms with E-state index in [9.17, 15) is 4.79 Å². The zero-order chi connectivity index (χ0) is 20.1. The lowest BCUT2D eigenvalue weighted by Gasteiger charge is -2.26. The summed E-state index contributed by atoms with van der Waals surface area (Å²) >= 11 is 0. The van der Waals surface area contributed by atoms with Gasteiger partial charge in [-0.25, -0.2) is 0 Å². The summed E-state index contributed by atoms with van der Waals surface area (Å²) in [7, 11) is 1.67. The van der Waals surface area contributed by atoms with Gasteiger partial charge in [0.05, 0.1) is 13.7 Å². The minimum Gasteiger partial charge on any atom is -0.497 e. The monoisotopic (exact) mass is 391 g/mol. The highest BCUT2D eigenvalue weighted by molar-refractivity contribution is 5.84. The largest absolute Gasteiger partial charge is 0.497 e. The Morgan fingerprint density at radius 2 is 1.86 bits per heavy atom. The Kier molecular flexibility index (Phi) is 6.15. The van der Waals surface area contributed by atoms with Crippen molar-refractivity contribution in [3.05, 3.63) is 65.9 Å². The van der Waals surface area contributed by atoms with E-state index in [4.69, 9.17) is 4.74 Å². The highest BCUT2D eigenvalue weighted by Gasteiger charge is 2.20. The van der Waals surface area contributed by atoms with Gasteiger partial charge in [-0.1, -0.05) is 36.8 Å². The molecule has 1 amide bonds. The van der Waals surface area contributed by atoms with Gasteiger partial charge in [0.1, 0.15) is 5.75 Å². The second kappa shape index (κ2) is 9.14. The van der Waals surface area contributed by atoms with Crippen molar-refractivity contribution in [1.82, 2.24) is 15.2 Å². The summed E-state index contributed by atoms with van der Waals surface area (Å²) in [6.07, 6.45) is 5.72. The lowest BCUT2D eigenvalue weighted by molar-refractivity contribution is -0.122. The molecule has 0 radical (unpaired) electrons. The average Bonchev–Trinajstić information content (AvgIpc) is 3.19. The molecule has 2 heterocycles. The first-order valence-electron chi connectivity index (χ1n) is 10.4.